The SMILES string of the molecule is CC(C)Oc1ccccc1C=C1C(=O)NC(=S)N(c2ccc(Cl)cc2)C1=O. The van der Waals surface area contributed by atoms with Crippen molar-refractivity contribution in [1.29, 1.82) is 0 Å². The summed E-state index contributed by atoms with van der Waals surface area (Å²) in [4.78, 5) is 26.7. The van der Waals surface area contributed by atoms with Crippen molar-refractivity contribution in [3.05, 3.63) is 64.7 Å². The lowest BCUT2D eigenvalue weighted by Crippen LogP contribution is -2.54. The maximum Gasteiger partial charge on any atom is 0.270 e. The second kappa shape index (κ2) is 7.90. The quantitative estimate of drug-likeness (QED) is 0.479. The lowest BCUT2D eigenvalue weighted by Gasteiger charge is -2.29. The van der Waals surface area contributed by atoms with Crippen LogP contribution in [-0.2, 0) is 9.59 Å². The van der Waals surface area contributed by atoms with Gasteiger partial charge in [-0.3, -0.25) is 19.8 Å². The first-order chi connectivity index (χ1) is 12.9. The number of nitrogens with zero attached hydrogens (tertiary/aromatic N) is 1. The van der Waals surface area contributed by atoms with Gasteiger partial charge in [-0.25, -0.2) is 0 Å². The number of benzene rings is 2. The summed E-state index contributed by atoms with van der Waals surface area (Å²) in [6.07, 6.45) is 1.47. The van der Waals surface area contributed by atoms with Crippen LogP contribution in [0.5, 0.6) is 5.75 Å². The molecule has 5 nitrogen and oxygen atoms in total. The summed E-state index contributed by atoms with van der Waals surface area (Å²) in [7, 11) is 0. The first kappa shape index (κ1) is 19.1. The van der Waals surface area contributed by atoms with Crippen LogP contribution in [0, 0.1) is 0 Å². The highest BCUT2D eigenvalue weighted by Crippen LogP contribution is 2.26. The number of hydrogen-bond acceptors (Lipinski definition) is 4. The van der Waals surface area contributed by atoms with Gasteiger partial charge in [0.25, 0.3) is 11.8 Å². The predicted octanol–water partition coefficient (Wildman–Crippen LogP) is 3.96. The van der Waals surface area contributed by atoms with Gasteiger partial charge in [-0.05, 0) is 62.5 Å². The fraction of sp³-hybridized carbons (Fsp3) is 0.150. The van der Waals surface area contributed by atoms with Gasteiger partial charge >= 0.3 is 0 Å². The number of anilines is 1. The second-order valence-corrected chi connectivity index (χ2v) is 6.96. The minimum Gasteiger partial charge on any atom is -0.490 e. The van der Waals surface area contributed by atoms with Crippen molar-refractivity contribution in [3.63, 3.8) is 0 Å². The molecule has 27 heavy (non-hydrogen) atoms. The molecule has 1 saturated heterocycles. The summed E-state index contributed by atoms with van der Waals surface area (Å²) in [5, 5.41) is 3.12. The highest BCUT2D eigenvalue weighted by molar-refractivity contribution is 7.80. The molecule has 1 aliphatic rings. The molecule has 1 fully saturated rings. The number of carbonyl (C=O) groups is 2. The molecular weight excluding hydrogens is 384 g/mol. The number of thiocarbonyl (C=S) groups is 1. The van der Waals surface area contributed by atoms with Crippen LogP contribution in [0.1, 0.15) is 19.4 Å². The van der Waals surface area contributed by atoms with Gasteiger partial charge in [0.15, 0.2) is 5.11 Å². The zero-order valence-electron chi connectivity index (χ0n) is 14.7. The van der Waals surface area contributed by atoms with Crippen molar-refractivity contribution in [1.82, 2.24) is 5.32 Å². The molecule has 3 rings (SSSR count). The summed E-state index contributed by atoms with van der Waals surface area (Å²) in [5.41, 5.74) is 1.12. The number of halogens is 1. The van der Waals surface area contributed by atoms with Crippen LogP contribution in [0.3, 0.4) is 0 Å². The van der Waals surface area contributed by atoms with Crippen LogP contribution < -0.4 is 15.0 Å². The van der Waals surface area contributed by atoms with Crippen molar-refractivity contribution in [2.45, 2.75) is 20.0 Å². The van der Waals surface area contributed by atoms with E-state index in [1.54, 1.807) is 36.4 Å². The van der Waals surface area contributed by atoms with Crippen LogP contribution in [0.2, 0.25) is 5.02 Å². The van der Waals surface area contributed by atoms with E-state index in [9.17, 15) is 9.59 Å². The van der Waals surface area contributed by atoms with Gasteiger partial charge in [0.2, 0.25) is 0 Å². The van der Waals surface area contributed by atoms with E-state index in [0.29, 0.717) is 22.0 Å². The lowest BCUT2D eigenvalue weighted by atomic mass is 10.1. The molecule has 1 heterocycles. The normalized spacial score (nSPS) is 16.1. The summed E-state index contributed by atoms with van der Waals surface area (Å²) >= 11 is 11.1. The van der Waals surface area contributed by atoms with Gasteiger partial charge in [-0.1, -0.05) is 29.8 Å². The number of ether oxygens (including phenoxy) is 1. The topological polar surface area (TPSA) is 58.6 Å². The number of rotatable bonds is 4. The third-order valence-electron chi connectivity index (χ3n) is 3.77. The van der Waals surface area contributed by atoms with E-state index in [0.717, 1.165) is 0 Å². The number of nitrogens with one attached hydrogen (secondary N) is 1. The molecule has 1 N–H and O–H groups in total. The van der Waals surface area contributed by atoms with E-state index < -0.39 is 11.8 Å². The Hall–Kier alpha value is -2.70. The molecule has 2 aromatic carbocycles. The first-order valence-electron chi connectivity index (χ1n) is 8.29. The summed E-state index contributed by atoms with van der Waals surface area (Å²) in [5.74, 6) is -0.466. The molecule has 0 aromatic heterocycles. The van der Waals surface area contributed by atoms with E-state index in [-0.39, 0.29) is 16.8 Å². The van der Waals surface area contributed by atoms with Crippen LogP contribution in [0.15, 0.2) is 54.1 Å². The average Bonchev–Trinajstić information content (AvgIpc) is 2.61. The summed E-state index contributed by atoms with van der Waals surface area (Å²) < 4.78 is 5.76. The third-order valence-corrected chi connectivity index (χ3v) is 4.30. The molecular formula is C20H17ClN2O3S. The second-order valence-electron chi connectivity index (χ2n) is 6.14. The summed E-state index contributed by atoms with van der Waals surface area (Å²) in [6, 6.07) is 13.8. The molecule has 1 aliphatic heterocycles. The zero-order valence-corrected chi connectivity index (χ0v) is 16.3. The molecule has 138 valence electrons. The van der Waals surface area contributed by atoms with Gasteiger partial charge in [0.05, 0.1) is 11.8 Å². The van der Waals surface area contributed by atoms with Crippen LogP contribution in [0.25, 0.3) is 6.08 Å². The van der Waals surface area contributed by atoms with Crippen molar-refractivity contribution in [2.24, 2.45) is 0 Å². The third kappa shape index (κ3) is 4.18. The molecule has 0 unspecified atom stereocenters. The van der Waals surface area contributed by atoms with E-state index in [2.05, 4.69) is 5.32 Å². The maximum absolute atomic E-state index is 13.0. The molecule has 0 bridgehead atoms. The number of carbonyl (C=O) groups excluding carboxylic acids is 2. The fourth-order valence-corrected chi connectivity index (χ4v) is 3.01. The molecule has 0 atom stereocenters. The average molecular weight is 401 g/mol. The van der Waals surface area contributed by atoms with E-state index >= 15 is 0 Å². The first-order valence-corrected chi connectivity index (χ1v) is 9.08. The molecule has 0 radical (unpaired) electrons. The molecule has 2 aromatic rings. The van der Waals surface area contributed by atoms with Gasteiger partial charge in [-0.15, -0.1) is 0 Å². The van der Waals surface area contributed by atoms with E-state index in [1.807, 2.05) is 26.0 Å². The monoisotopic (exact) mass is 400 g/mol. The molecule has 2 amide bonds. The van der Waals surface area contributed by atoms with Crippen LogP contribution >= 0.6 is 23.8 Å². The largest absolute Gasteiger partial charge is 0.490 e. The predicted molar refractivity (Wildman–Crippen MR) is 110 cm³/mol. The Kier molecular flexibility index (Phi) is 5.58. The molecule has 0 saturated carbocycles. The molecule has 0 spiro atoms. The summed E-state index contributed by atoms with van der Waals surface area (Å²) in [6.45, 7) is 3.81. The smallest absolute Gasteiger partial charge is 0.270 e. The van der Waals surface area contributed by atoms with Crippen LogP contribution in [-0.4, -0.2) is 23.0 Å². The van der Waals surface area contributed by atoms with Gasteiger partial charge in [0, 0.05) is 10.6 Å². The standard InChI is InChI=1S/C20H17ClN2O3S/c1-12(2)26-17-6-4-3-5-13(17)11-16-18(24)22-20(27)23(19(16)25)15-9-7-14(21)8-10-15/h3-12H,1-2H3,(H,22,24,27). The van der Waals surface area contributed by atoms with Crippen molar-refractivity contribution >= 4 is 52.5 Å². The lowest BCUT2D eigenvalue weighted by molar-refractivity contribution is -0.122. The Morgan fingerprint density at radius 2 is 1.78 bits per heavy atom. The van der Waals surface area contributed by atoms with Crippen molar-refractivity contribution in [2.75, 3.05) is 4.90 Å². The van der Waals surface area contributed by atoms with Crippen LogP contribution in [0.4, 0.5) is 5.69 Å². The Labute approximate surface area is 167 Å². The van der Waals surface area contributed by atoms with Crippen molar-refractivity contribution < 1.29 is 14.3 Å². The Morgan fingerprint density at radius 3 is 2.44 bits per heavy atom. The zero-order chi connectivity index (χ0) is 19.6. The number of hydrogen-bond donors (Lipinski definition) is 1. The van der Waals surface area contributed by atoms with Gasteiger partial charge in [0.1, 0.15) is 11.3 Å². The molecule has 7 heteroatoms. The maximum atomic E-state index is 13.0. The van der Waals surface area contributed by atoms with Gasteiger partial charge < -0.3 is 4.74 Å². The Morgan fingerprint density at radius 1 is 1.11 bits per heavy atom. The highest BCUT2D eigenvalue weighted by atomic mass is 35.5. The number of para-hydroxylation sites is 1. The van der Waals surface area contributed by atoms with E-state index in [4.69, 9.17) is 28.6 Å². The minimum atomic E-state index is -0.547. The Bertz CT molecular complexity index is 938. The van der Waals surface area contributed by atoms with E-state index in [1.165, 1.54) is 11.0 Å². The van der Waals surface area contributed by atoms with Gasteiger partial charge in [-0.2, -0.15) is 0 Å². The highest BCUT2D eigenvalue weighted by Gasteiger charge is 2.34. The fourth-order valence-electron chi connectivity index (χ4n) is 2.60. The number of amides is 2. The molecule has 0 aliphatic carbocycles. The Balaban J connectivity index is 2.01. The van der Waals surface area contributed by atoms with Crippen molar-refractivity contribution in [3.8, 4) is 5.75 Å². The minimum absolute atomic E-state index is 0.0242.